The van der Waals surface area contributed by atoms with Crippen LogP contribution in [0.1, 0.15) is 51.9 Å². The molecular weight excluding hydrogens is 376 g/mol. The number of carbonyl (C=O) groups excluding carboxylic acids is 3. The number of rotatable bonds is 9. The van der Waals surface area contributed by atoms with Crippen LogP contribution >= 0.6 is 0 Å². The van der Waals surface area contributed by atoms with Gasteiger partial charge in [-0.15, -0.1) is 0 Å². The predicted octanol–water partition coefficient (Wildman–Crippen LogP) is 0.100. The van der Waals surface area contributed by atoms with E-state index in [9.17, 15) is 19.2 Å². The van der Waals surface area contributed by atoms with Gasteiger partial charge in [0.2, 0.25) is 17.7 Å². The number of aliphatic carboxylic acids is 1. The minimum Gasteiger partial charge on any atom is -0.481 e. The van der Waals surface area contributed by atoms with E-state index in [0.29, 0.717) is 31.8 Å². The van der Waals surface area contributed by atoms with Crippen LogP contribution in [-0.4, -0.2) is 72.5 Å². The van der Waals surface area contributed by atoms with Crippen molar-refractivity contribution in [3.8, 4) is 0 Å². The van der Waals surface area contributed by atoms with Gasteiger partial charge in [-0.1, -0.05) is 0 Å². The Labute approximate surface area is 172 Å². The zero-order valence-electron chi connectivity index (χ0n) is 17.2. The lowest BCUT2D eigenvalue weighted by molar-refractivity contribution is -0.138. The van der Waals surface area contributed by atoms with Crippen LogP contribution in [0.2, 0.25) is 0 Å². The van der Waals surface area contributed by atoms with Crippen molar-refractivity contribution >= 4 is 23.7 Å². The Morgan fingerprint density at radius 1 is 1.17 bits per heavy atom. The second kappa shape index (κ2) is 11.7. The highest BCUT2D eigenvalue weighted by atomic mass is 16.4. The molecule has 0 aromatic heterocycles. The van der Waals surface area contributed by atoms with Gasteiger partial charge in [-0.3, -0.25) is 19.2 Å². The summed E-state index contributed by atoms with van der Waals surface area (Å²) in [6, 6.07) is -0.671. The molecule has 2 atom stereocenters. The van der Waals surface area contributed by atoms with Gasteiger partial charge < -0.3 is 26.0 Å². The van der Waals surface area contributed by atoms with E-state index in [-0.39, 0.29) is 36.6 Å². The molecule has 29 heavy (non-hydrogen) atoms. The maximum atomic E-state index is 12.6. The van der Waals surface area contributed by atoms with Crippen LogP contribution in [-0.2, 0) is 19.2 Å². The van der Waals surface area contributed by atoms with E-state index in [0.717, 1.165) is 38.8 Å². The number of hydrogen-bond acceptors (Lipinski definition) is 5. The van der Waals surface area contributed by atoms with Crippen molar-refractivity contribution in [2.45, 2.75) is 57.9 Å². The summed E-state index contributed by atoms with van der Waals surface area (Å²) in [6.45, 7) is 4.48. The fraction of sp³-hybridized carbons (Fsp3) is 0.800. The van der Waals surface area contributed by atoms with Crippen LogP contribution in [0.25, 0.3) is 0 Å². The second-order valence-electron chi connectivity index (χ2n) is 8.15. The zero-order chi connectivity index (χ0) is 21.2. The number of piperidine rings is 2. The Kier molecular flexibility index (Phi) is 9.37. The van der Waals surface area contributed by atoms with Gasteiger partial charge in [0.25, 0.3) is 0 Å². The fourth-order valence-corrected chi connectivity index (χ4v) is 4.04. The van der Waals surface area contributed by atoms with E-state index in [1.165, 1.54) is 6.92 Å². The van der Waals surface area contributed by atoms with Crippen molar-refractivity contribution < 1.29 is 24.3 Å². The van der Waals surface area contributed by atoms with Crippen molar-refractivity contribution in [2.75, 3.05) is 32.7 Å². The molecule has 0 spiro atoms. The molecule has 9 nitrogen and oxygen atoms in total. The number of nitrogens with zero attached hydrogens (tertiary/aromatic N) is 1. The number of likely N-dealkylation sites (tertiary alicyclic amines) is 1. The molecule has 2 rings (SSSR count). The highest BCUT2D eigenvalue weighted by Gasteiger charge is 2.30. The van der Waals surface area contributed by atoms with Gasteiger partial charge in [-0.05, 0) is 51.1 Å². The maximum Gasteiger partial charge on any atom is 0.305 e. The molecule has 0 saturated carbocycles. The van der Waals surface area contributed by atoms with Gasteiger partial charge in [0.1, 0.15) is 0 Å². The molecular formula is C20H34N4O5. The minimum atomic E-state index is -1.04. The first-order valence-electron chi connectivity index (χ1n) is 10.6. The molecule has 0 aliphatic carbocycles. The molecule has 4 N–H and O–H groups in total. The van der Waals surface area contributed by atoms with E-state index in [1.54, 1.807) is 4.90 Å². The third-order valence-electron chi connectivity index (χ3n) is 5.73. The Morgan fingerprint density at radius 2 is 1.90 bits per heavy atom. The molecule has 0 aromatic carbocycles. The van der Waals surface area contributed by atoms with Gasteiger partial charge >= 0.3 is 5.97 Å². The van der Waals surface area contributed by atoms with E-state index >= 15 is 0 Å². The molecule has 0 radical (unpaired) electrons. The molecule has 0 aromatic rings. The van der Waals surface area contributed by atoms with Crippen molar-refractivity contribution in [3.63, 3.8) is 0 Å². The maximum absolute atomic E-state index is 12.6. The van der Waals surface area contributed by atoms with Crippen LogP contribution in [0.5, 0.6) is 0 Å². The molecule has 2 heterocycles. The first-order valence-corrected chi connectivity index (χ1v) is 10.6. The van der Waals surface area contributed by atoms with Crippen LogP contribution in [0.3, 0.4) is 0 Å². The third-order valence-corrected chi connectivity index (χ3v) is 5.73. The molecule has 0 bridgehead atoms. The van der Waals surface area contributed by atoms with E-state index in [1.807, 2.05) is 0 Å². The van der Waals surface area contributed by atoms with Gasteiger partial charge in [0, 0.05) is 33.0 Å². The van der Waals surface area contributed by atoms with Crippen LogP contribution in [0.4, 0.5) is 0 Å². The van der Waals surface area contributed by atoms with Crippen molar-refractivity contribution in [1.29, 1.82) is 0 Å². The minimum absolute atomic E-state index is 0.0684. The van der Waals surface area contributed by atoms with Gasteiger partial charge in [-0.2, -0.15) is 0 Å². The van der Waals surface area contributed by atoms with Crippen LogP contribution in [0.15, 0.2) is 0 Å². The van der Waals surface area contributed by atoms with E-state index in [4.69, 9.17) is 5.11 Å². The fourth-order valence-electron chi connectivity index (χ4n) is 4.04. The monoisotopic (exact) mass is 410 g/mol. The summed E-state index contributed by atoms with van der Waals surface area (Å²) in [4.78, 5) is 49.2. The largest absolute Gasteiger partial charge is 0.481 e. The van der Waals surface area contributed by atoms with Gasteiger partial charge in [-0.25, -0.2) is 0 Å². The number of nitrogens with one attached hydrogen (secondary N) is 3. The first kappa shape index (κ1) is 23.1. The van der Waals surface area contributed by atoms with E-state index in [2.05, 4.69) is 16.0 Å². The molecule has 3 amide bonds. The smallest absolute Gasteiger partial charge is 0.305 e. The first-order chi connectivity index (χ1) is 13.8. The molecule has 2 fully saturated rings. The summed E-state index contributed by atoms with van der Waals surface area (Å²) in [5.74, 6) is -1.23. The zero-order valence-corrected chi connectivity index (χ0v) is 17.2. The number of hydrogen-bond donors (Lipinski definition) is 4. The van der Waals surface area contributed by atoms with Crippen LogP contribution < -0.4 is 16.0 Å². The lowest BCUT2D eigenvalue weighted by atomic mass is 9.92. The summed E-state index contributed by atoms with van der Waals surface area (Å²) >= 11 is 0. The number of carboxylic acid groups (broad SMARTS) is 1. The number of carbonyl (C=O) groups is 4. The average Bonchev–Trinajstić information content (AvgIpc) is 2.70. The normalized spacial score (nSPS) is 21.3. The molecule has 2 aliphatic heterocycles. The standard InChI is InChI=1S/C20H34N4O5/c1-14(25)22-12-17(11-19(27)28)23-20(29)16-3-2-10-24(13-16)18(26)5-4-15-6-8-21-9-7-15/h15-17,21H,2-13H2,1H3,(H,22,25)(H,23,29)(H,27,28)/t16-,17+/m1/s1. The topological polar surface area (TPSA) is 128 Å². The average molecular weight is 411 g/mol. The molecule has 0 unspecified atom stereocenters. The predicted molar refractivity (Wildman–Crippen MR) is 107 cm³/mol. The summed E-state index contributed by atoms with van der Waals surface area (Å²) in [5.41, 5.74) is 0. The Bertz CT molecular complexity index is 591. The Morgan fingerprint density at radius 3 is 2.55 bits per heavy atom. The Balaban J connectivity index is 1.82. The third kappa shape index (κ3) is 8.39. The van der Waals surface area contributed by atoms with Crippen molar-refractivity contribution in [1.82, 2.24) is 20.9 Å². The highest BCUT2D eigenvalue weighted by Crippen LogP contribution is 2.21. The summed E-state index contributed by atoms with van der Waals surface area (Å²) in [7, 11) is 0. The second-order valence-corrected chi connectivity index (χ2v) is 8.15. The lowest BCUT2D eigenvalue weighted by Gasteiger charge is -2.33. The van der Waals surface area contributed by atoms with Gasteiger partial charge in [0.15, 0.2) is 0 Å². The molecule has 9 heteroatoms. The number of amides is 3. The summed E-state index contributed by atoms with van der Waals surface area (Å²) < 4.78 is 0. The summed E-state index contributed by atoms with van der Waals surface area (Å²) in [6.07, 6.45) is 4.79. The molecule has 2 saturated heterocycles. The number of carboxylic acids is 1. The molecule has 2 aliphatic rings. The SMILES string of the molecule is CC(=O)NC[C@H](CC(=O)O)NC(=O)[C@@H]1CCCN(C(=O)CCC2CCNCC2)C1. The van der Waals surface area contributed by atoms with Crippen molar-refractivity contribution in [2.24, 2.45) is 11.8 Å². The highest BCUT2D eigenvalue weighted by molar-refractivity contribution is 5.82. The molecule has 164 valence electrons. The van der Waals surface area contributed by atoms with E-state index < -0.39 is 12.0 Å². The Hall–Kier alpha value is -2.16. The van der Waals surface area contributed by atoms with Gasteiger partial charge in [0.05, 0.1) is 18.4 Å². The summed E-state index contributed by atoms with van der Waals surface area (Å²) in [5, 5.41) is 17.6. The lowest BCUT2D eigenvalue weighted by Crippen LogP contribution is -2.50. The van der Waals surface area contributed by atoms with Crippen molar-refractivity contribution in [3.05, 3.63) is 0 Å². The van der Waals surface area contributed by atoms with Crippen LogP contribution in [0, 0.1) is 11.8 Å². The quantitative estimate of drug-likeness (QED) is 0.427.